The Bertz CT molecular complexity index is 219. The number of rotatable bonds is 1. The van der Waals surface area contributed by atoms with Gasteiger partial charge < -0.3 is 0 Å². The number of alkyl halides is 1. The molecular formula is C11H17Cl. The molecule has 0 N–H and O–H groups in total. The average molecular weight is 185 g/mol. The predicted octanol–water partition coefficient (Wildman–Crippen LogP) is 3.75. The SMILES string of the molecule is CCC12C=C1C(C)C(Cl)CCC2. The zero-order valence-corrected chi connectivity index (χ0v) is 8.69. The van der Waals surface area contributed by atoms with E-state index in [0.29, 0.717) is 16.7 Å². The zero-order valence-electron chi connectivity index (χ0n) is 7.94. The van der Waals surface area contributed by atoms with Gasteiger partial charge in [-0.05, 0) is 25.2 Å². The highest BCUT2D eigenvalue weighted by molar-refractivity contribution is 6.21. The van der Waals surface area contributed by atoms with Crippen LogP contribution in [-0.2, 0) is 0 Å². The monoisotopic (exact) mass is 184 g/mol. The Morgan fingerprint density at radius 1 is 1.67 bits per heavy atom. The van der Waals surface area contributed by atoms with Crippen molar-refractivity contribution in [1.82, 2.24) is 0 Å². The molecule has 3 atom stereocenters. The summed E-state index contributed by atoms with van der Waals surface area (Å²) in [5.41, 5.74) is 2.19. The summed E-state index contributed by atoms with van der Waals surface area (Å²) in [6.07, 6.45) is 7.63. The van der Waals surface area contributed by atoms with Gasteiger partial charge in [0.1, 0.15) is 0 Å². The maximum atomic E-state index is 6.27. The molecule has 12 heavy (non-hydrogen) atoms. The third-order valence-corrected chi connectivity index (χ3v) is 4.29. The van der Waals surface area contributed by atoms with Crippen LogP contribution in [0.5, 0.6) is 0 Å². The van der Waals surface area contributed by atoms with Crippen LogP contribution in [0.15, 0.2) is 11.6 Å². The quantitative estimate of drug-likeness (QED) is 0.430. The molecular weight excluding hydrogens is 168 g/mol. The number of allylic oxidation sites excluding steroid dienone is 2. The van der Waals surface area contributed by atoms with E-state index in [1.165, 1.54) is 25.7 Å². The summed E-state index contributed by atoms with van der Waals surface area (Å²) in [5.74, 6) is 0.633. The molecule has 0 aromatic heterocycles. The highest BCUT2D eigenvalue weighted by Crippen LogP contribution is 2.57. The van der Waals surface area contributed by atoms with Gasteiger partial charge in [-0.25, -0.2) is 0 Å². The smallest absolute Gasteiger partial charge is 0.0399 e. The van der Waals surface area contributed by atoms with Gasteiger partial charge in [0.15, 0.2) is 0 Å². The van der Waals surface area contributed by atoms with Crippen LogP contribution in [0.3, 0.4) is 0 Å². The molecule has 3 unspecified atom stereocenters. The molecule has 0 aliphatic heterocycles. The molecule has 0 saturated heterocycles. The summed E-state index contributed by atoms with van der Waals surface area (Å²) < 4.78 is 0. The maximum absolute atomic E-state index is 6.27. The molecule has 1 fully saturated rings. The van der Waals surface area contributed by atoms with Crippen molar-refractivity contribution in [3.05, 3.63) is 11.6 Å². The maximum Gasteiger partial charge on any atom is 0.0399 e. The third kappa shape index (κ3) is 1.12. The summed E-state index contributed by atoms with van der Waals surface area (Å²) in [4.78, 5) is 0. The normalized spacial score (nSPS) is 46.1. The molecule has 0 nitrogen and oxygen atoms in total. The van der Waals surface area contributed by atoms with Crippen LogP contribution < -0.4 is 0 Å². The molecule has 0 amide bonds. The minimum Gasteiger partial charge on any atom is -0.122 e. The van der Waals surface area contributed by atoms with E-state index in [9.17, 15) is 0 Å². The molecule has 1 saturated carbocycles. The molecule has 0 aromatic carbocycles. The Morgan fingerprint density at radius 3 is 3.08 bits per heavy atom. The van der Waals surface area contributed by atoms with E-state index in [0.717, 1.165) is 0 Å². The Balaban J connectivity index is 2.13. The first-order valence-electron chi connectivity index (χ1n) is 5.07. The Morgan fingerprint density at radius 2 is 2.42 bits per heavy atom. The van der Waals surface area contributed by atoms with Crippen molar-refractivity contribution in [3.63, 3.8) is 0 Å². The van der Waals surface area contributed by atoms with E-state index in [2.05, 4.69) is 19.9 Å². The standard InChI is InChI=1S/C11H17Cl/c1-3-11-6-4-5-10(12)8(2)9(11)7-11/h7-8,10H,3-6H2,1-2H3. The average Bonchev–Trinajstić information content (AvgIpc) is 2.78. The lowest BCUT2D eigenvalue weighted by Gasteiger charge is -2.16. The molecule has 0 heterocycles. The topological polar surface area (TPSA) is 0 Å². The fourth-order valence-electron chi connectivity index (χ4n) is 2.60. The largest absolute Gasteiger partial charge is 0.122 e. The molecule has 2 rings (SSSR count). The number of halogens is 1. The van der Waals surface area contributed by atoms with E-state index in [-0.39, 0.29) is 0 Å². The Labute approximate surface area is 80.0 Å². The van der Waals surface area contributed by atoms with Crippen LogP contribution in [0, 0.1) is 11.3 Å². The van der Waals surface area contributed by atoms with Crippen LogP contribution in [0.2, 0.25) is 0 Å². The molecule has 68 valence electrons. The van der Waals surface area contributed by atoms with Crippen molar-refractivity contribution in [2.45, 2.75) is 44.9 Å². The molecule has 0 aromatic rings. The second kappa shape index (κ2) is 2.77. The molecule has 2 aliphatic rings. The van der Waals surface area contributed by atoms with Gasteiger partial charge in [0.05, 0.1) is 0 Å². The van der Waals surface area contributed by atoms with Crippen molar-refractivity contribution in [2.24, 2.45) is 11.3 Å². The third-order valence-electron chi connectivity index (χ3n) is 3.69. The van der Waals surface area contributed by atoms with Gasteiger partial charge in [0, 0.05) is 10.8 Å². The van der Waals surface area contributed by atoms with Gasteiger partial charge in [-0.3, -0.25) is 0 Å². The van der Waals surface area contributed by atoms with Gasteiger partial charge >= 0.3 is 0 Å². The lowest BCUT2D eigenvalue weighted by atomic mass is 9.89. The molecule has 0 bridgehead atoms. The van der Waals surface area contributed by atoms with E-state index in [1.807, 2.05) is 0 Å². The first-order valence-corrected chi connectivity index (χ1v) is 5.50. The summed E-state index contributed by atoms with van der Waals surface area (Å²) in [5, 5.41) is 0.396. The first kappa shape index (κ1) is 8.62. The van der Waals surface area contributed by atoms with Crippen LogP contribution in [0.4, 0.5) is 0 Å². The van der Waals surface area contributed by atoms with Crippen LogP contribution in [0.25, 0.3) is 0 Å². The highest BCUT2D eigenvalue weighted by Gasteiger charge is 2.47. The van der Waals surface area contributed by atoms with Crippen LogP contribution in [0.1, 0.15) is 39.5 Å². The second-order valence-corrected chi connectivity index (χ2v) is 4.87. The number of fused-ring (bicyclic) bond motifs is 1. The van der Waals surface area contributed by atoms with E-state index < -0.39 is 0 Å². The Hall–Kier alpha value is 0.0300. The van der Waals surface area contributed by atoms with Gasteiger partial charge in [-0.2, -0.15) is 0 Å². The lowest BCUT2D eigenvalue weighted by molar-refractivity contribution is 0.469. The van der Waals surface area contributed by atoms with Gasteiger partial charge in [-0.1, -0.05) is 31.9 Å². The van der Waals surface area contributed by atoms with Crippen LogP contribution in [-0.4, -0.2) is 5.38 Å². The fraction of sp³-hybridized carbons (Fsp3) is 0.818. The minimum atomic E-state index is 0.396. The van der Waals surface area contributed by atoms with Crippen molar-refractivity contribution in [2.75, 3.05) is 0 Å². The number of hydrogen-bond acceptors (Lipinski definition) is 0. The molecule has 0 radical (unpaired) electrons. The van der Waals surface area contributed by atoms with Crippen molar-refractivity contribution < 1.29 is 0 Å². The summed E-state index contributed by atoms with van der Waals surface area (Å²) in [7, 11) is 0. The van der Waals surface area contributed by atoms with Gasteiger partial charge in [0.25, 0.3) is 0 Å². The molecule has 2 aliphatic carbocycles. The van der Waals surface area contributed by atoms with E-state index in [1.54, 1.807) is 5.57 Å². The van der Waals surface area contributed by atoms with Crippen LogP contribution >= 0.6 is 11.6 Å². The van der Waals surface area contributed by atoms with E-state index in [4.69, 9.17) is 11.6 Å². The summed E-state index contributed by atoms with van der Waals surface area (Å²) >= 11 is 6.27. The van der Waals surface area contributed by atoms with Crippen molar-refractivity contribution in [3.8, 4) is 0 Å². The zero-order chi connectivity index (χ0) is 8.77. The predicted molar refractivity (Wildman–Crippen MR) is 53.5 cm³/mol. The summed E-state index contributed by atoms with van der Waals surface area (Å²) in [6.45, 7) is 4.58. The van der Waals surface area contributed by atoms with Gasteiger partial charge in [-0.15, -0.1) is 11.6 Å². The van der Waals surface area contributed by atoms with Crippen molar-refractivity contribution in [1.29, 1.82) is 0 Å². The second-order valence-electron chi connectivity index (χ2n) is 4.31. The molecule has 0 spiro atoms. The van der Waals surface area contributed by atoms with E-state index >= 15 is 0 Å². The Kier molecular flexibility index (Phi) is 1.99. The summed E-state index contributed by atoms with van der Waals surface area (Å²) in [6, 6.07) is 0. The van der Waals surface area contributed by atoms with Crippen molar-refractivity contribution >= 4 is 11.6 Å². The minimum absolute atomic E-state index is 0.396. The first-order chi connectivity index (χ1) is 5.69. The lowest BCUT2D eigenvalue weighted by Crippen LogP contribution is -2.11. The fourth-order valence-corrected chi connectivity index (χ4v) is 2.89. The van der Waals surface area contributed by atoms with Gasteiger partial charge in [0.2, 0.25) is 0 Å². The number of hydrogen-bond donors (Lipinski definition) is 0. The highest BCUT2D eigenvalue weighted by atomic mass is 35.5. The molecule has 1 heteroatoms.